The number of non-ortho nitro benzene ring substituents is 1. The van der Waals surface area contributed by atoms with Crippen LogP contribution in [0.15, 0.2) is 53.0 Å². The van der Waals surface area contributed by atoms with Crippen LogP contribution in [0.3, 0.4) is 0 Å². The minimum Gasteiger partial charge on any atom is -0.384 e. The molecule has 0 saturated heterocycles. The van der Waals surface area contributed by atoms with Crippen LogP contribution in [0.4, 0.5) is 16.4 Å². The third kappa shape index (κ3) is 3.30. The summed E-state index contributed by atoms with van der Waals surface area (Å²) in [6.07, 6.45) is 1.32. The Hall–Kier alpha value is -4.04. The fourth-order valence-corrected chi connectivity index (χ4v) is 5.14. The number of nitrogens with zero attached hydrogens (tertiary/aromatic N) is 4. The number of anilines is 1. The van der Waals surface area contributed by atoms with Crippen LogP contribution < -0.4 is 10.6 Å². The third-order valence-electron chi connectivity index (χ3n) is 5.63. The highest BCUT2D eigenvalue weighted by Crippen LogP contribution is 2.49. The number of nitrogens with two attached hydrogens (primary N) is 1. The van der Waals surface area contributed by atoms with Crippen molar-refractivity contribution >= 4 is 33.5 Å². The van der Waals surface area contributed by atoms with E-state index in [9.17, 15) is 30.3 Å². The van der Waals surface area contributed by atoms with Crippen LogP contribution >= 0.6 is 11.3 Å². The van der Waals surface area contributed by atoms with Crippen molar-refractivity contribution in [2.45, 2.75) is 32.1 Å². The molecule has 0 bridgehead atoms. The van der Waals surface area contributed by atoms with E-state index in [2.05, 4.69) is 6.07 Å². The zero-order valence-electron chi connectivity index (χ0n) is 16.9. The molecule has 0 saturated carbocycles. The summed E-state index contributed by atoms with van der Waals surface area (Å²) in [6.45, 7) is 1.76. The second kappa shape index (κ2) is 7.90. The van der Waals surface area contributed by atoms with Crippen molar-refractivity contribution in [2.24, 2.45) is 5.73 Å². The van der Waals surface area contributed by atoms with Crippen molar-refractivity contribution in [3.8, 4) is 6.07 Å². The van der Waals surface area contributed by atoms with E-state index >= 15 is 0 Å². The molecule has 10 nitrogen and oxygen atoms in total. The van der Waals surface area contributed by atoms with Gasteiger partial charge in [-0.3, -0.25) is 29.9 Å². The Morgan fingerprint density at radius 2 is 1.94 bits per heavy atom. The van der Waals surface area contributed by atoms with E-state index in [1.165, 1.54) is 18.2 Å². The predicted octanol–water partition coefficient (Wildman–Crippen LogP) is 4.18. The van der Waals surface area contributed by atoms with Gasteiger partial charge in [0.25, 0.3) is 5.69 Å². The Labute approximate surface area is 186 Å². The van der Waals surface area contributed by atoms with Gasteiger partial charge in [-0.15, -0.1) is 0 Å². The molecule has 0 fully saturated rings. The fourth-order valence-electron chi connectivity index (χ4n) is 4.19. The number of nitro benzene ring substituents is 1. The molecule has 0 radical (unpaired) electrons. The molecule has 1 aliphatic heterocycles. The molecule has 162 valence electrons. The highest BCUT2D eigenvalue weighted by atomic mass is 32.1. The zero-order valence-corrected chi connectivity index (χ0v) is 17.7. The summed E-state index contributed by atoms with van der Waals surface area (Å²) in [5.74, 6) is -0.914. The number of carbonyl (C=O) groups excluding carboxylic acids is 1. The van der Waals surface area contributed by atoms with Crippen molar-refractivity contribution in [3.05, 3.63) is 83.7 Å². The number of thiophene rings is 1. The molecule has 1 aliphatic carbocycles. The van der Waals surface area contributed by atoms with Crippen molar-refractivity contribution in [1.82, 2.24) is 0 Å². The smallest absolute Gasteiger partial charge is 0.324 e. The molecule has 2 aliphatic rings. The van der Waals surface area contributed by atoms with E-state index < -0.39 is 15.8 Å². The minimum absolute atomic E-state index is 0.0607. The summed E-state index contributed by atoms with van der Waals surface area (Å²) >= 11 is 0.899. The number of nitro groups is 2. The normalized spacial score (nSPS) is 18.4. The number of aryl methyl sites for hydroxylation is 1. The maximum Gasteiger partial charge on any atom is 0.324 e. The van der Waals surface area contributed by atoms with Gasteiger partial charge in [0.15, 0.2) is 5.78 Å². The Morgan fingerprint density at radius 3 is 2.56 bits per heavy atom. The van der Waals surface area contributed by atoms with Crippen LogP contribution in [0, 0.1) is 38.5 Å². The van der Waals surface area contributed by atoms with Gasteiger partial charge < -0.3 is 5.73 Å². The van der Waals surface area contributed by atoms with Crippen molar-refractivity contribution in [1.29, 1.82) is 5.26 Å². The first-order valence-electron chi connectivity index (χ1n) is 9.69. The quantitative estimate of drug-likeness (QED) is 0.536. The molecule has 11 heteroatoms. The zero-order chi connectivity index (χ0) is 23.2. The average Bonchev–Trinajstić information content (AvgIpc) is 3.24. The van der Waals surface area contributed by atoms with Crippen LogP contribution in [0.5, 0.6) is 0 Å². The fraction of sp³-hybridized carbons (Fsp3) is 0.238. The number of hydrogen-bond acceptors (Lipinski definition) is 9. The van der Waals surface area contributed by atoms with E-state index in [0.29, 0.717) is 40.2 Å². The first-order valence-corrected chi connectivity index (χ1v) is 10.5. The lowest BCUT2D eigenvalue weighted by Gasteiger charge is -2.39. The number of hydrogen-bond donors (Lipinski definition) is 1. The van der Waals surface area contributed by atoms with Gasteiger partial charge in [0.2, 0.25) is 0 Å². The van der Waals surface area contributed by atoms with Crippen LogP contribution in [0.25, 0.3) is 0 Å². The lowest BCUT2D eigenvalue weighted by Crippen LogP contribution is -2.38. The molecule has 1 aromatic carbocycles. The number of rotatable bonds is 4. The summed E-state index contributed by atoms with van der Waals surface area (Å²) in [7, 11) is 0. The number of nitriles is 1. The first kappa shape index (κ1) is 21.2. The van der Waals surface area contributed by atoms with Crippen LogP contribution in [0.2, 0.25) is 0 Å². The summed E-state index contributed by atoms with van der Waals surface area (Å²) in [4.78, 5) is 36.6. The predicted molar refractivity (Wildman–Crippen MR) is 117 cm³/mol. The van der Waals surface area contributed by atoms with Gasteiger partial charge in [-0.2, -0.15) is 5.26 Å². The second-order valence-electron chi connectivity index (χ2n) is 7.48. The summed E-state index contributed by atoms with van der Waals surface area (Å²) < 4.78 is 0. The number of ketones is 1. The van der Waals surface area contributed by atoms with Gasteiger partial charge >= 0.3 is 5.00 Å². The largest absolute Gasteiger partial charge is 0.384 e. The SMILES string of the molecule is Cc1ccc([N+](=O)[O-])cc1N1C(N)=C(C#N)[C@@H](c2ccc([N+](=O)[O-])s2)C2=C1CCCC2=O. The third-order valence-corrected chi connectivity index (χ3v) is 6.74. The molecule has 1 aromatic heterocycles. The topological polar surface area (TPSA) is 156 Å². The van der Waals surface area contributed by atoms with E-state index in [1.54, 1.807) is 24.0 Å². The summed E-state index contributed by atoms with van der Waals surface area (Å²) in [6, 6.07) is 9.30. The van der Waals surface area contributed by atoms with Gasteiger partial charge in [-0.25, -0.2) is 0 Å². The summed E-state index contributed by atoms with van der Waals surface area (Å²) in [5.41, 5.74) is 8.43. The molecular formula is C21H17N5O5S. The van der Waals surface area contributed by atoms with Crippen molar-refractivity contribution in [3.63, 3.8) is 0 Å². The molecular weight excluding hydrogens is 434 g/mol. The highest BCUT2D eigenvalue weighted by Gasteiger charge is 2.41. The highest BCUT2D eigenvalue weighted by molar-refractivity contribution is 7.15. The van der Waals surface area contributed by atoms with Gasteiger partial charge in [-0.05, 0) is 31.4 Å². The Morgan fingerprint density at radius 1 is 1.19 bits per heavy atom. The van der Waals surface area contributed by atoms with Gasteiger partial charge in [0.1, 0.15) is 5.82 Å². The van der Waals surface area contributed by atoms with Gasteiger partial charge in [-0.1, -0.05) is 17.4 Å². The van der Waals surface area contributed by atoms with E-state index in [-0.39, 0.29) is 34.3 Å². The number of benzene rings is 1. The van der Waals surface area contributed by atoms with E-state index in [1.807, 2.05) is 0 Å². The van der Waals surface area contributed by atoms with Gasteiger partial charge in [0, 0.05) is 40.8 Å². The Bertz CT molecular complexity index is 1290. The average molecular weight is 451 g/mol. The Kier molecular flexibility index (Phi) is 5.23. The molecule has 2 aromatic rings. The lowest BCUT2D eigenvalue weighted by atomic mass is 9.78. The maximum absolute atomic E-state index is 13.1. The molecule has 2 N–H and O–H groups in total. The molecule has 0 amide bonds. The lowest BCUT2D eigenvalue weighted by molar-refractivity contribution is -0.384. The number of carbonyl (C=O) groups is 1. The summed E-state index contributed by atoms with van der Waals surface area (Å²) in [5, 5.41) is 32.4. The second-order valence-corrected chi connectivity index (χ2v) is 8.57. The molecule has 2 heterocycles. The number of allylic oxidation sites excluding steroid dienone is 3. The van der Waals surface area contributed by atoms with Crippen molar-refractivity contribution < 1.29 is 14.6 Å². The molecule has 0 spiro atoms. The maximum atomic E-state index is 13.1. The van der Waals surface area contributed by atoms with Crippen LogP contribution in [-0.4, -0.2) is 15.6 Å². The van der Waals surface area contributed by atoms with Crippen LogP contribution in [0.1, 0.15) is 35.6 Å². The van der Waals surface area contributed by atoms with Gasteiger partial charge in [0.05, 0.1) is 33.1 Å². The van der Waals surface area contributed by atoms with Crippen LogP contribution in [-0.2, 0) is 4.79 Å². The standard InChI is InChI=1S/C21H17N5O5S/c1-11-5-6-12(25(28)29)9-15(11)24-14-3-2-4-16(27)20(14)19(13(10-22)21(24)23)17-7-8-18(32-17)26(30)31/h5-9,19H,2-4,23H2,1H3/t19-/m0/s1. The van der Waals surface area contributed by atoms with Crippen molar-refractivity contribution in [2.75, 3.05) is 4.90 Å². The minimum atomic E-state index is -0.809. The van der Waals surface area contributed by atoms with E-state index in [0.717, 1.165) is 11.3 Å². The first-order chi connectivity index (χ1) is 15.2. The monoisotopic (exact) mass is 451 g/mol. The van der Waals surface area contributed by atoms with E-state index in [4.69, 9.17) is 5.73 Å². The molecule has 1 atom stereocenters. The molecule has 4 rings (SSSR count). The Balaban J connectivity index is 1.98. The number of Topliss-reactive ketones (excluding diaryl/α,β-unsaturated/α-hetero) is 1. The molecule has 32 heavy (non-hydrogen) atoms. The molecule has 0 unspecified atom stereocenters.